The third-order valence-electron chi connectivity index (χ3n) is 6.34. The van der Waals surface area contributed by atoms with E-state index < -0.39 is 13.4 Å². The summed E-state index contributed by atoms with van der Waals surface area (Å²) < 4.78 is 31.5. The first kappa shape index (κ1) is 17.1. The molecule has 0 amide bonds. The van der Waals surface area contributed by atoms with E-state index in [1.807, 2.05) is 12.1 Å². The molecule has 0 spiro atoms. The highest BCUT2D eigenvalue weighted by Crippen LogP contribution is 2.66. The number of benzene rings is 1. The van der Waals surface area contributed by atoms with E-state index in [4.69, 9.17) is 23.6 Å². The van der Waals surface area contributed by atoms with Crippen LogP contribution in [0, 0.1) is 17.8 Å². The second kappa shape index (κ2) is 6.23. The maximum Gasteiger partial charge on any atom is 0.414 e. The van der Waals surface area contributed by atoms with Crippen LogP contribution in [0.5, 0.6) is 11.5 Å². The third kappa shape index (κ3) is 2.88. The number of hydrogen-bond acceptors (Lipinski definition) is 6. The number of para-hydroxylation sites is 2. The van der Waals surface area contributed by atoms with Gasteiger partial charge in [0.05, 0.1) is 12.7 Å². The highest BCUT2D eigenvalue weighted by atomic mass is 31.2. The van der Waals surface area contributed by atoms with Crippen LogP contribution < -0.4 is 9.26 Å². The second-order valence-corrected chi connectivity index (χ2v) is 10.3. The van der Waals surface area contributed by atoms with E-state index in [9.17, 15) is 4.57 Å². The molecule has 4 saturated carbocycles. The van der Waals surface area contributed by atoms with Gasteiger partial charge in [0.25, 0.3) is 0 Å². The van der Waals surface area contributed by atoms with Crippen molar-refractivity contribution in [1.82, 2.24) is 0 Å². The Hall–Kier alpha value is -1.07. The van der Waals surface area contributed by atoms with E-state index in [2.05, 4.69) is 0 Å². The topological polar surface area (TPSA) is 63.2 Å². The molecular formula is C19H25O6P. The molecule has 5 aliphatic rings. The quantitative estimate of drug-likeness (QED) is 0.533. The molecule has 4 bridgehead atoms. The molecule has 1 heterocycles. The second-order valence-electron chi connectivity index (χ2n) is 8.31. The molecule has 26 heavy (non-hydrogen) atoms. The number of hydrogen-bond donors (Lipinski definition) is 0. The molecule has 1 aromatic carbocycles. The molecule has 7 heteroatoms. The van der Waals surface area contributed by atoms with Crippen LogP contribution in [-0.2, 0) is 18.9 Å². The summed E-state index contributed by atoms with van der Waals surface area (Å²) in [6.45, 7) is 0.221. The Balaban J connectivity index is 1.43. The molecule has 2 unspecified atom stereocenters. The van der Waals surface area contributed by atoms with Crippen molar-refractivity contribution in [3.63, 3.8) is 0 Å². The number of methoxy groups -OCH3 is 1. The Morgan fingerprint density at radius 1 is 1.04 bits per heavy atom. The Bertz CT molecular complexity index is 695. The smallest absolute Gasteiger partial charge is 0.414 e. The van der Waals surface area contributed by atoms with Crippen molar-refractivity contribution in [2.75, 3.05) is 13.7 Å². The number of rotatable bonds is 6. The lowest BCUT2D eigenvalue weighted by Gasteiger charge is -2.56. The average molecular weight is 380 g/mol. The monoisotopic (exact) mass is 380 g/mol. The highest BCUT2D eigenvalue weighted by Gasteiger charge is 2.57. The van der Waals surface area contributed by atoms with Crippen LogP contribution in [0.1, 0.15) is 38.5 Å². The fourth-order valence-corrected chi connectivity index (χ4v) is 7.52. The van der Waals surface area contributed by atoms with Crippen LogP contribution >= 0.6 is 7.60 Å². The Kier molecular flexibility index (Phi) is 4.09. The van der Waals surface area contributed by atoms with Crippen molar-refractivity contribution in [1.29, 1.82) is 0 Å². The highest BCUT2D eigenvalue weighted by molar-refractivity contribution is 7.55. The molecule has 4 aliphatic carbocycles. The van der Waals surface area contributed by atoms with E-state index >= 15 is 0 Å². The standard InChI is InChI=1S/C19H25O6P/c1-21-16-4-2-3-5-17(16)24-26(20,18-12-22-23-18)25-19-9-13-6-14(10-19)8-15(7-13)11-19/h2-5,13-15,18H,6-12H2,1H3. The van der Waals surface area contributed by atoms with Crippen molar-refractivity contribution in [2.24, 2.45) is 17.8 Å². The summed E-state index contributed by atoms with van der Waals surface area (Å²) in [5.74, 6) is 2.35. The van der Waals surface area contributed by atoms with E-state index in [-0.39, 0.29) is 12.2 Å². The van der Waals surface area contributed by atoms with Crippen LogP contribution in [0.3, 0.4) is 0 Å². The summed E-state index contributed by atoms with van der Waals surface area (Å²) in [6.07, 6.45) is 6.82. The van der Waals surface area contributed by atoms with Crippen molar-refractivity contribution < 1.29 is 28.1 Å². The third-order valence-corrected chi connectivity index (χ3v) is 8.37. The largest absolute Gasteiger partial charge is 0.493 e. The van der Waals surface area contributed by atoms with E-state index in [1.165, 1.54) is 19.3 Å². The molecule has 0 aromatic heterocycles. The SMILES string of the molecule is COc1ccccc1OP(=O)(OC12CC3CC(CC(C3)C1)C2)C1COO1. The molecule has 0 radical (unpaired) electrons. The van der Waals surface area contributed by atoms with Gasteiger partial charge in [0, 0.05) is 0 Å². The first-order chi connectivity index (χ1) is 12.6. The van der Waals surface area contributed by atoms with Crippen molar-refractivity contribution in [3.8, 4) is 11.5 Å². The minimum absolute atomic E-state index is 0.221. The maximum absolute atomic E-state index is 13.8. The van der Waals surface area contributed by atoms with E-state index in [0.29, 0.717) is 29.3 Å². The van der Waals surface area contributed by atoms with Crippen molar-refractivity contribution in [3.05, 3.63) is 24.3 Å². The van der Waals surface area contributed by atoms with Crippen LogP contribution in [0.15, 0.2) is 24.3 Å². The van der Waals surface area contributed by atoms with Gasteiger partial charge in [-0.05, 0) is 68.4 Å². The van der Waals surface area contributed by atoms with E-state index in [1.54, 1.807) is 19.2 Å². The summed E-state index contributed by atoms with van der Waals surface area (Å²) in [7, 11) is -2.00. The van der Waals surface area contributed by atoms with Gasteiger partial charge in [-0.3, -0.25) is 4.52 Å². The van der Waals surface area contributed by atoms with Crippen LogP contribution in [0.25, 0.3) is 0 Å². The number of ether oxygens (including phenoxy) is 1. The summed E-state index contributed by atoms with van der Waals surface area (Å²) in [4.78, 5) is 9.93. The van der Waals surface area contributed by atoms with Gasteiger partial charge < -0.3 is 9.26 Å². The zero-order valence-corrected chi connectivity index (χ0v) is 15.9. The zero-order valence-electron chi connectivity index (χ0n) is 15.0. The first-order valence-corrected chi connectivity index (χ1v) is 11.1. The van der Waals surface area contributed by atoms with Crippen LogP contribution in [-0.4, -0.2) is 25.2 Å². The van der Waals surface area contributed by atoms with Gasteiger partial charge in [0.2, 0.25) is 5.85 Å². The predicted octanol–water partition coefficient (Wildman–Crippen LogP) is 4.54. The van der Waals surface area contributed by atoms with Crippen molar-refractivity contribution in [2.45, 2.75) is 50.0 Å². The lowest BCUT2D eigenvalue weighted by Crippen LogP contribution is -2.52. The van der Waals surface area contributed by atoms with Crippen LogP contribution in [0.2, 0.25) is 0 Å². The van der Waals surface area contributed by atoms with Gasteiger partial charge in [0.1, 0.15) is 6.61 Å². The molecule has 6 nitrogen and oxygen atoms in total. The molecule has 142 valence electrons. The van der Waals surface area contributed by atoms with Gasteiger partial charge in [-0.2, -0.15) is 0 Å². The Morgan fingerprint density at radius 2 is 1.62 bits per heavy atom. The minimum Gasteiger partial charge on any atom is -0.493 e. The summed E-state index contributed by atoms with van der Waals surface area (Å²) in [5, 5.41) is 0. The fourth-order valence-electron chi connectivity index (χ4n) is 5.65. The molecular weight excluding hydrogens is 355 g/mol. The van der Waals surface area contributed by atoms with Gasteiger partial charge in [-0.15, -0.1) is 0 Å². The molecule has 0 N–H and O–H groups in total. The molecule has 1 saturated heterocycles. The molecule has 1 aliphatic heterocycles. The fraction of sp³-hybridized carbons (Fsp3) is 0.684. The molecule has 5 fully saturated rings. The summed E-state index contributed by atoms with van der Waals surface area (Å²) >= 11 is 0. The summed E-state index contributed by atoms with van der Waals surface area (Å²) in [6, 6.07) is 7.20. The minimum atomic E-state index is -3.56. The van der Waals surface area contributed by atoms with Gasteiger partial charge >= 0.3 is 7.60 Å². The Morgan fingerprint density at radius 3 is 2.12 bits per heavy atom. The van der Waals surface area contributed by atoms with Gasteiger partial charge in [-0.25, -0.2) is 14.3 Å². The normalized spacial score (nSPS) is 39.9. The molecule has 2 atom stereocenters. The summed E-state index contributed by atoms with van der Waals surface area (Å²) in [5.41, 5.74) is -0.342. The molecule has 1 aromatic rings. The first-order valence-electron chi connectivity index (χ1n) is 9.49. The zero-order chi connectivity index (χ0) is 17.8. The van der Waals surface area contributed by atoms with Gasteiger partial charge in [0.15, 0.2) is 11.5 Å². The lowest BCUT2D eigenvalue weighted by molar-refractivity contribution is -0.403. The Labute approximate surface area is 153 Å². The van der Waals surface area contributed by atoms with E-state index in [0.717, 1.165) is 19.3 Å². The maximum atomic E-state index is 13.8. The van der Waals surface area contributed by atoms with Crippen molar-refractivity contribution >= 4 is 7.60 Å². The average Bonchev–Trinajstić information content (AvgIpc) is 2.51. The lowest BCUT2D eigenvalue weighted by atomic mass is 9.54. The molecule has 6 rings (SSSR count). The van der Waals surface area contributed by atoms with Crippen LogP contribution in [0.4, 0.5) is 0 Å². The predicted molar refractivity (Wildman–Crippen MR) is 94.0 cm³/mol. The van der Waals surface area contributed by atoms with Gasteiger partial charge in [-0.1, -0.05) is 12.1 Å².